The summed E-state index contributed by atoms with van der Waals surface area (Å²) in [5.74, 6) is -2.55. The molecule has 0 bridgehead atoms. The van der Waals surface area contributed by atoms with Crippen molar-refractivity contribution in [1.29, 1.82) is 0 Å². The van der Waals surface area contributed by atoms with Gasteiger partial charge in [0.2, 0.25) is 11.8 Å². The van der Waals surface area contributed by atoms with Gasteiger partial charge in [-0.2, -0.15) is 0 Å². The first kappa shape index (κ1) is 23.8. The second kappa shape index (κ2) is 9.27. The summed E-state index contributed by atoms with van der Waals surface area (Å²) in [5.41, 5.74) is 16.7. The Hall–Kier alpha value is -4.92. The number of nitrogens with zero attached hydrogens (tertiary/aromatic N) is 1. The number of amides is 3. The number of carbonyl (C=O) groups excluding carboxylic acids is 3. The van der Waals surface area contributed by atoms with Crippen LogP contribution in [0.1, 0.15) is 32.6 Å². The molecule has 0 saturated carbocycles. The van der Waals surface area contributed by atoms with Crippen LogP contribution in [-0.2, 0) is 33.6 Å². The number of carboxylic acids is 1. The van der Waals surface area contributed by atoms with Crippen molar-refractivity contribution in [2.45, 2.75) is 25.3 Å². The summed E-state index contributed by atoms with van der Waals surface area (Å²) >= 11 is 0. The van der Waals surface area contributed by atoms with E-state index in [-0.39, 0.29) is 18.7 Å². The number of rotatable bonds is 6. The average Bonchev–Trinajstić information content (AvgIpc) is 3.22. The molecule has 1 aliphatic heterocycles. The fraction of sp³-hybridized carbons (Fsp3) is 0.143. The lowest BCUT2D eigenvalue weighted by atomic mass is 9.97. The van der Waals surface area contributed by atoms with Crippen LogP contribution >= 0.6 is 0 Å². The third kappa shape index (κ3) is 4.42. The van der Waals surface area contributed by atoms with Crippen molar-refractivity contribution in [2.24, 2.45) is 5.73 Å². The highest BCUT2D eigenvalue weighted by Gasteiger charge is 2.32. The molecule has 37 heavy (non-hydrogen) atoms. The number of benzene rings is 3. The predicted octanol–water partition coefficient (Wildman–Crippen LogP) is 2.04. The lowest BCUT2D eigenvalue weighted by molar-refractivity contribution is -0.141. The first-order valence-corrected chi connectivity index (χ1v) is 11.7. The Kier molecular flexibility index (Phi) is 5.96. The van der Waals surface area contributed by atoms with E-state index in [4.69, 9.17) is 11.5 Å². The lowest BCUT2D eigenvalue weighted by Crippen LogP contribution is -2.43. The standard InChI is InChI=1S/C28H24N4O5/c29-18-8-7-17-13-24(33)32(27(35)21(17)14-18)19-9-5-15(6-10-19)11-23(28(36)37)31-26(34)22-12-16-3-1-2-4-20(16)25(22)30/h1-10,14,23H,11-13,29-30H2,(H,31,34)(H,36,37)/t23-/m0/s1. The van der Waals surface area contributed by atoms with Crippen molar-refractivity contribution in [3.8, 4) is 0 Å². The van der Waals surface area contributed by atoms with Gasteiger partial charge in [-0.3, -0.25) is 14.4 Å². The summed E-state index contributed by atoms with van der Waals surface area (Å²) in [4.78, 5) is 51.6. The maximum Gasteiger partial charge on any atom is 0.326 e. The average molecular weight is 497 g/mol. The Labute approximate surface area is 212 Å². The quantitative estimate of drug-likeness (QED) is 0.301. The minimum absolute atomic E-state index is 0.00272. The van der Waals surface area contributed by atoms with Gasteiger partial charge in [-0.25, -0.2) is 9.69 Å². The van der Waals surface area contributed by atoms with Gasteiger partial charge in [0.15, 0.2) is 0 Å². The SMILES string of the molecule is NC1=C(C(=O)N[C@@H](Cc2ccc(N3C(=O)Cc4ccc(N)cc4C3=O)cc2)C(=O)O)Cc2ccccc21. The van der Waals surface area contributed by atoms with Crippen molar-refractivity contribution >= 4 is 40.8 Å². The number of fused-ring (bicyclic) bond motifs is 2. The Morgan fingerprint density at radius 3 is 2.32 bits per heavy atom. The van der Waals surface area contributed by atoms with Gasteiger partial charge in [0.25, 0.3) is 5.91 Å². The van der Waals surface area contributed by atoms with Gasteiger partial charge in [-0.15, -0.1) is 0 Å². The first-order chi connectivity index (χ1) is 17.7. The molecule has 1 heterocycles. The fourth-order valence-electron chi connectivity index (χ4n) is 4.73. The lowest BCUT2D eigenvalue weighted by Gasteiger charge is -2.27. The zero-order chi connectivity index (χ0) is 26.3. The predicted molar refractivity (Wildman–Crippen MR) is 137 cm³/mol. The van der Waals surface area contributed by atoms with Crippen molar-refractivity contribution < 1.29 is 24.3 Å². The van der Waals surface area contributed by atoms with Gasteiger partial charge in [-0.1, -0.05) is 42.5 Å². The number of nitrogen functional groups attached to an aromatic ring is 1. The van der Waals surface area contributed by atoms with E-state index >= 15 is 0 Å². The van der Waals surface area contributed by atoms with Gasteiger partial charge in [0.05, 0.1) is 12.1 Å². The largest absolute Gasteiger partial charge is 0.480 e. The zero-order valence-electron chi connectivity index (χ0n) is 19.7. The molecule has 1 aliphatic carbocycles. The minimum atomic E-state index is -1.20. The third-order valence-electron chi connectivity index (χ3n) is 6.67. The summed E-state index contributed by atoms with van der Waals surface area (Å²) in [6.07, 6.45) is 0.406. The number of nitrogens with one attached hydrogen (secondary N) is 1. The molecule has 0 unspecified atom stereocenters. The highest BCUT2D eigenvalue weighted by Crippen LogP contribution is 2.30. The molecule has 0 saturated heterocycles. The maximum atomic E-state index is 13.0. The molecule has 3 aromatic carbocycles. The van der Waals surface area contributed by atoms with E-state index < -0.39 is 23.8 Å². The molecule has 9 nitrogen and oxygen atoms in total. The summed E-state index contributed by atoms with van der Waals surface area (Å²) < 4.78 is 0. The number of carboxylic acid groups (broad SMARTS) is 1. The van der Waals surface area contributed by atoms with Crippen molar-refractivity contribution in [3.05, 3.63) is 100 Å². The molecule has 0 aromatic heterocycles. The van der Waals surface area contributed by atoms with E-state index in [1.165, 1.54) is 0 Å². The molecular weight excluding hydrogens is 472 g/mol. The van der Waals surface area contributed by atoms with Crippen LogP contribution in [0.4, 0.5) is 11.4 Å². The summed E-state index contributed by atoms with van der Waals surface area (Å²) in [5, 5.41) is 12.3. The number of carbonyl (C=O) groups is 4. The molecule has 0 spiro atoms. The summed E-state index contributed by atoms with van der Waals surface area (Å²) in [6, 6.07) is 17.5. The van der Waals surface area contributed by atoms with Crippen molar-refractivity contribution in [2.75, 3.05) is 10.6 Å². The highest BCUT2D eigenvalue weighted by atomic mass is 16.4. The Morgan fingerprint density at radius 2 is 1.62 bits per heavy atom. The minimum Gasteiger partial charge on any atom is -0.480 e. The van der Waals surface area contributed by atoms with Gasteiger partial charge < -0.3 is 21.9 Å². The van der Waals surface area contributed by atoms with Crippen LogP contribution in [0.25, 0.3) is 5.70 Å². The topological polar surface area (TPSA) is 156 Å². The first-order valence-electron chi connectivity index (χ1n) is 11.7. The highest BCUT2D eigenvalue weighted by molar-refractivity contribution is 6.24. The molecule has 3 aromatic rings. The van der Waals surface area contributed by atoms with E-state index in [0.717, 1.165) is 16.0 Å². The second-order valence-corrected chi connectivity index (χ2v) is 9.09. The molecule has 5 rings (SSSR count). The number of anilines is 2. The number of imide groups is 1. The number of hydrogen-bond donors (Lipinski definition) is 4. The van der Waals surface area contributed by atoms with E-state index in [2.05, 4.69) is 5.32 Å². The molecule has 186 valence electrons. The van der Waals surface area contributed by atoms with Crippen LogP contribution in [0, 0.1) is 0 Å². The molecule has 2 aliphatic rings. The van der Waals surface area contributed by atoms with Crippen molar-refractivity contribution in [1.82, 2.24) is 5.32 Å². The van der Waals surface area contributed by atoms with Gasteiger partial charge in [0, 0.05) is 40.9 Å². The third-order valence-corrected chi connectivity index (χ3v) is 6.67. The second-order valence-electron chi connectivity index (χ2n) is 9.09. The molecule has 0 radical (unpaired) electrons. The van der Waals surface area contributed by atoms with Crippen LogP contribution in [0.15, 0.2) is 72.3 Å². The van der Waals surface area contributed by atoms with Gasteiger partial charge >= 0.3 is 5.97 Å². The maximum absolute atomic E-state index is 13.0. The molecule has 1 atom stereocenters. The van der Waals surface area contributed by atoms with E-state index in [9.17, 15) is 24.3 Å². The van der Waals surface area contributed by atoms with E-state index in [1.807, 2.05) is 24.3 Å². The summed E-state index contributed by atoms with van der Waals surface area (Å²) in [6.45, 7) is 0. The molecule has 9 heteroatoms. The van der Waals surface area contributed by atoms with Crippen molar-refractivity contribution in [3.63, 3.8) is 0 Å². The number of hydrogen-bond acceptors (Lipinski definition) is 6. The smallest absolute Gasteiger partial charge is 0.326 e. The number of aliphatic carboxylic acids is 1. The van der Waals surface area contributed by atoms with Crippen LogP contribution in [0.5, 0.6) is 0 Å². The van der Waals surface area contributed by atoms with Crippen LogP contribution in [0.3, 0.4) is 0 Å². The van der Waals surface area contributed by atoms with Gasteiger partial charge in [-0.05, 0) is 41.0 Å². The summed E-state index contributed by atoms with van der Waals surface area (Å²) in [7, 11) is 0. The van der Waals surface area contributed by atoms with E-state index in [1.54, 1.807) is 42.5 Å². The van der Waals surface area contributed by atoms with E-state index in [0.29, 0.717) is 45.8 Å². The Bertz CT molecular complexity index is 1490. The van der Waals surface area contributed by atoms with Gasteiger partial charge in [0.1, 0.15) is 6.04 Å². The molecular formula is C28H24N4O5. The molecule has 0 fully saturated rings. The normalized spacial score (nSPS) is 15.3. The zero-order valence-corrected chi connectivity index (χ0v) is 19.7. The Balaban J connectivity index is 1.31. The Morgan fingerprint density at radius 1 is 0.919 bits per heavy atom. The fourth-order valence-corrected chi connectivity index (χ4v) is 4.73. The molecule has 6 N–H and O–H groups in total. The van der Waals surface area contributed by atoms with Crippen LogP contribution in [-0.4, -0.2) is 34.8 Å². The monoisotopic (exact) mass is 496 g/mol. The van der Waals surface area contributed by atoms with Crippen LogP contribution in [0.2, 0.25) is 0 Å². The number of nitrogens with two attached hydrogens (primary N) is 2. The van der Waals surface area contributed by atoms with Crippen LogP contribution < -0.4 is 21.7 Å². The molecule has 3 amide bonds.